The average Bonchev–Trinajstić information content (AvgIpc) is 3.09. The summed E-state index contributed by atoms with van der Waals surface area (Å²) in [4.78, 5) is 24.1. The van der Waals surface area contributed by atoms with E-state index in [0.29, 0.717) is 36.5 Å². The molecule has 2 aliphatic carbocycles. The van der Waals surface area contributed by atoms with Crippen LogP contribution in [0.4, 0.5) is 0 Å². The Morgan fingerprint density at radius 2 is 2.00 bits per heavy atom. The number of ether oxygens (including phenoxy) is 2. The first-order valence-electron chi connectivity index (χ1n) is 9.43. The number of hydrogen-bond donors (Lipinski definition) is 2. The molecule has 1 saturated heterocycles. The number of carbonyl (C=O) groups excluding carboxylic acids is 2. The molecule has 4 rings (SSSR count). The Morgan fingerprint density at radius 1 is 1.23 bits per heavy atom. The molecule has 0 radical (unpaired) electrons. The maximum Gasteiger partial charge on any atom is 0.336 e. The molecule has 6 heteroatoms. The summed E-state index contributed by atoms with van der Waals surface area (Å²) in [7, 11) is 0. The predicted octanol–water partition coefficient (Wildman–Crippen LogP) is 1.85. The van der Waals surface area contributed by atoms with Crippen molar-refractivity contribution in [2.45, 2.75) is 58.3 Å². The van der Waals surface area contributed by atoms with Crippen molar-refractivity contribution < 1.29 is 29.3 Å². The van der Waals surface area contributed by atoms with Crippen molar-refractivity contribution in [1.82, 2.24) is 0 Å². The van der Waals surface area contributed by atoms with Gasteiger partial charge in [-0.3, -0.25) is 0 Å². The van der Waals surface area contributed by atoms with E-state index >= 15 is 0 Å². The molecular weight excluding hydrogens is 336 g/mol. The summed E-state index contributed by atoms with van der Waals surface area (Å²) in [5.74, 6) is -0.245. The molecule has 26 heavy (non-hydrogen) atoms. The van der Waals surface area contributed by atoms with Crippen molar-refractivity contribution in [2.75, 3.05) is 6.61 Å². The molecule has 2 N–H and O–H groups in total. The number of esters is 2. The van der Waals surface area contributed by atoms with E-state index in [0.717, 1.165) is 19.3 Å². The van der Waals surface area contributed by atoms with Crippen molar-refractivity contribution in [1.29, 1.82) is 0 Å². The number of hydrogen-bond acceptors (Lipinski definition) is 6. The molecule has 4 aliphatic rings. The lowest BCUT2D eigenvalue weighted by Gasteiger charge is -2.57. The van der Waals surface area contributed by atoms with Crippen molar-refractivity contribution in [2.24, 2.45) is 22.7 Å². The Morgan fingerprint density at radius 3 is 2.69 bits per heavy atom. The summed E-state index contributed by atoms with van der Waals surface area (Å²) in [6.07, 6.45) is 5.10. The molecule has 6 atom stereocenters. The first-order valence-corrected chi connectivity index (χ1v) is 9.43. The van der Waals surface area contributed by atoms with Gasteiger partial charge in [-0.1, -0.05) is 13.8 Å². The largest absolute Gasteiger partial charge is 0.461 e. The van der Waals surface area contributed by atoms with Gasteiger partial charge in [0.25, 0.3) is 0 Å². The molecule has 2 aliphatic heterocycles. The van der Waals surface area contributed by atoms with Gasteiger partial charge in [-0.15, -0.1) is 0 Å². The van der Waals surface area contributed by atoms with E-state index in [4.69, 9.17) is 9.47 Å². The van der Waals surface area contributed by atoms with Crippen LogP contribution in [0.2, 0.25) is 0 Å². The van der Waals surface area contributed by atoms with Crippen LogP contribution < -0.4 is 0 Å². The summed E-state index contributed by atoms with van der Waals surface area (Å²) in [6, 6.07) is 0. The highest BCUT2D eigenvalue weighted by Crippen LogP contribution is 2.64. The summed E-state index contributed by atoms with van der Waals surface area (Å²) >= 11 is 0. The van der Waals surface area contributed by atoms with Crippen LogP contribution in [0.3, 0.4) is 0 Å². The number of aliphatic hydroxyl groups is 2. The van der Waals surface area contributed by atoms with Crippen LogP contribution in [-0.2, 0) is 19.1 Å². The normalized spacial score (nSPS) is 44.6. The van der Waals surface area contributed by atoms with Crippen molar-refractivity contribution in [3.05, 3.63) is 23.3 Å². The molecule has 142 valence electrons. The molecule has 0 amide bonds. The van der Waals surface area contributed by atoms with Crippen LogP contribution in [0.15, 0.2) is 23.3 Å². The second kappa shape index (κ2) is 5.92. The fourth-order valence-electron chi connectivity index (χ4n) is 5.70. The summed E-state index contributed by atoms with van der Waals surface area (Å²) in [5, 5.41) is 19.9. The SMILES string of the molecule is CC1CCC23COC(=O)C2=CC(O)CC3C1(C)CCC1=CC(O)OC1=O. The molecule has 0 aromatic heterocycles. The van der Waals surface area contributed by atoms with Crippen LogP contribution >= 0.6 is 0 Å². The first kappa shape index (κ1) is 17.7. The average molecular weight is 362 g/mol. The quantitative estimate of drug-likeness (QED) is 0.745. The van der Waals surface area contributed by atoms with Crippen LogP contribution in [0.25, 0.3) is 0 Å². The molecular formula is C20H26O6. The Labute approximate surface area is 152 Å². The highest BCUT2D eigenvalue weighted by molar-refractivity contribution is 5.93. The Hall–Kier alpha value is -1.66. The smallest absolute Gasteiger partial charge is 0.336 e. The minimum absolute atomic E-state index is 0.114. The van der Waals surface area contributed by atoms with E-state index < -0.39 is 18.4 Å². The second-order valence-electron chi connectivity index (χ2n) is 8.60. The van der Waals surface area contributed by atoms with Crippen LogP contribution in [0.5, 0.6) is 0 Å². The van der Waals surface area contributed by atoms with Gasteiger partial charge >= 0.3 is 11.9 Å². The minimum atomic E-state index is -1.15. The standard InChI is InChI=1S/C20H26O6/c1-11-3-6-20-10-25-18(24)14(20)8-13(21)9-15(20)19(11,2)5-4-12-7-16(22)26-17(12)23/h7-8,11,13,15-16,21-22H,3-6,9-10H2,1-2H3. The highest BCUT2D eigenvalue weighted by Gasteiger charge is 2.61. The van der Waals surface area contributed by atoms with Crippen molar-refractivity contribution >= 4 is 11.9 Å². The van der Waals surface area contributed by atoms with Crippen LogP contribution in [0.1, 0.15) is 46.0 Å². The molecule has 6 unspecified atom stereocenters. The topological polar surface area (TPSA) is 93.1 Å². The van der Waals surface area contributed by atoms with E-state index in [1.807, 2.05) is 0 Å². The van der Waals surface area contributed by atoms with Gasteiger partial charge in [-0.05, 0) is 61.5 Å². The first-order chi connectivity index (χ1) is 12.3. The number of rotatable bonds is 3. The molecule has 1 saturated carbocycles. The fourth-order valence-corrected chi connectivity index (χ4v) is 5.70. The Kier molecular flexibility index (Phi) is 4.04. The number of cyclic esters (lactones) is 2. The summed E-state index contributed by atoms with van der Waals surface area (Å²) in [6.45, 7) is 4.81. The number of carbonyl (C=O) groups is 2. The lowest BCUT2D eigenvalue weighted by Crippen LogP contribution is -2.53. The third-order valence-electron chi connectivity index (χ3n) is 7.43. The molecule has 0 bridgehead atoms. The maximum absolute atomic E-state index is 12.2. The van der Waals surface area contributed by atoms with Gasteiger partial charge in [0, 0.05) is 16.6 Å². The maximum atomic E-state index is 12.2. The Bertz CT molecular complexity index is 709. The van der Waals surface area contributed by atoms with E-state index in [1.54, 1.807) is 6.08 Å². The van der Waals surface area contributed by atoms with Gasteiger partial charge in [0.15, 0.2) is 0 Å². The van der Waals surface area contributed by atoms with E-state index in [2.05, 4.69) is 13.8 Å². The predicted molar refractivity (Wildman–Crippen MR) is 91.5 cm³/mol. The summed E-state index contributed by atoms with van der Waals surface area (Å²) < 4.78 is 10.2. The minimum Gasteiger partial charge on any atom is -0.461 e. The monoisotopic (exact) mass is 362 g/mol. The highest BCUT2D eigenvalue weighted by atomic mass is 16.6. The van der Waals surface area contributed by atoms with E-state index in [9.17, 15) is 19.8 Å². The molecule has 0 aromatic rings. The molecule has 1 spiro atoms. The Balaban J connectivity index is 1.64. The van der Waals surface area contributed by atoms with Crippen molar-refractivity contribution in [3.63, 3.8) is 0 Å². The third kappa shape index (κ3) is 2.46. The lowest BCUT2D eigenvalue weighted by molar-refractivity contribution is -0.151. The van der Waals surface area contributed by atoms with Crippen LogP contribution in [-0.4, -0.2) is 41.2 Å². The molecule has 0 aromatic carbocycles. The summed E-state index contributed by atoms with van der Waals surface area (Å²) in [5.41, 5.74) is 0.689. The van der Waals surface area contributed by atoms with Crippen molar-refractivity contribution in [3.8, 4) is 0 Å². The van der Waals surface area contributed by atoms with Gasteiger partial charge in [0.05, 0.1) is 6.10 Å². The van der Waals surface area contributed by atoms with Crippen LogP contribution in [0, 0.1) is 22.7 Å². The lowest BCUT2D eigenvalue weighted by atomic mass is 9.46. The van der Waals surface area contributed by atoms with Gasteiger partial charge in [0.1, 0.15) is 6.61 Å². The molecule has 2 fully saturated rings. The fraction of sp³-hybridized carbons (Fsp3) is 0.700. The van der Waals surface area contributed by atoms with Gasteiger partial charge in [0.2, 0.25) is 6.29 Å². The number of aliphatic hydroxyl groups excluding tert-OH is 2. The third-order valence-corrected chi connectivity index (χ3v) is 7.43. The van der Waals surface area contributed by atoms with Gasteiger partial charge in [-0.25, -0.2) is 9.59 Å². The second-order valence-corrected chi connectivity index (χ2v) is 8.60. The van der Waals surface area contributed by atoms with E-state index in [1.165, 1.54) is 6.08 Å². The van der Waals surface area contributed by atoms with Gasteiger partial charge in [-0.2, -0.15) is 0 Å². The zero-order valence-corrected chi connectivity index (χ0v) is 15.2. The zero-order valence-electron chi connectivity index (χ0n) is 15.2. The molecule has 6 nitrogen and oxygen atoms in total. The van der Waals surface area contributed by atoms with E-state index in [-0.39, 0.29) is 22.7 Å². The van der Waals surface area contributed by atoms with Gasteiger partial charge < -0.3 is 19.7 Å². The zero-order chi connectivity index (χ0) is 18.7. The molecule has 2 heterocycles.